The first kappa shape index (κ1) is 40.8. The highest BCUT2D eigenvalue weighted by atomic mass is 16.3. The molecule has 2 heteroatoms. The van der Waals surface area contributed by atoms with Gasteiger partial charge in [-0.05, 0) is 152 Å². The van der Waals surface area contributed by atoms with Crippen molar-refractivity contribution in [1.29, 1.82) is 0 Å². The Labute approximate surface area is 432 Å². The summed E-state index contributed by atoms with van der Waals surface area (Å²) in [4.78, 5) is 2.56. The lowest BCUT2D eigenvalue weighted by Gasteiger charge is -2.33. The molecule has 1 aromatic heterocycles. The summed E-state index contributed by atoms with van der Waals surface area (Å²) >= 11 is 0. The maximum atomic E-state index is 7.03. The van der Waals surface area contributed by atoms with Crippen molar-refractivity contribution in [3.8, 4) is 33.4 Å². The summed E-state index contributed by atoms with van der Waals surface area (Å²) < 4.78 is 7.03. The summed E-state index contributed by atoms with van der Waals surface area (Å²) in [5, 5.41) is 17.1. The lowest BCUT2D eigenvalue weighted by atomic mass is 9.70. The molecule has 0 saturated heterocycles. The number of benzene rings is 14. The fourth-order valence-electron chi connectivity index (χ4n) is 14.0. The van der Waals surface area contributed by atoms with E-state index in [0.717, 1.165) is 50.1 Å². The molecule has 75 heavy (non-hydrogen) atoms. The number of hydrogen-bond donors (Lipinski definition) is 0. The van der Waals surface area contributed by atoms with Crippen LogP contribution in [0.25, 0.3) is 120 Å². The molecule has 0 unspecified atom stereocenters. The van der Waals surface area contributed by atoms with Crippen molar-refractivity contribution < 1.29 is 4.42 Å². The quantitative estimate of drug-likeness (QED) is 0.164. The van der Waals surface area contributed by atoms with Gasteiger partial charge in [-0.2, -0.15) is 0 Å². The van der Waals surface area contributed by atoms with Gasteiger partial charge in [-0.25, -0.2) is 0 Å². The minimum absolute atomic E-state index is 0.569. The molecule has 1 heterocycles. The average molecular weight is 950 g/mol. The lowest BCUT2D eigenvalue weighted by molar-refractivity contribution is 0.670. The minimum Gasteiger partial charge on any atom is -0.455 e. The molecule has 2 nitrogen and oxygen atoms in total. The molecule has 0 fully saturated rings. The second kappa shape index (κ2) is 15.1. The molecule has 0 aliphatic heterocycles. The van der Waals surface area contributed by atoms with Gasteiger partial charge < -0.3 is 9.32 Å². The third-order valence-electron chi connectivity index (χ3n) is 17.0. The second-order valence-corrected chi connectivity index (χ2v) is 20.6. The predicted molar refractivity (Wildman–Crippen MR) is 315 cm³/mol. The third kappa shape index (κ3) is 5.42. The lowest BCUT2D eigenvalue weighted by Crippen LogP contribution is -2.26. The summed E-state index contributed by atoms with van der Waals surface area (Å²) in [5.41, 5.74) is 16.8. The van der Waals surface area contributed by atoms with Crippen molar-refractivity contribution >= 4 is 104 Å². The van der Waals surface area contributed by atoms with Crippen molar-refractivity contribution in [2.45, 2.75) is 5.41 Å². The van der Waals surface area contributed by atoms with E-state index in [4.69, 9.17) is 4.42 Å². The van der Waals surface area contributed by atoms with Crippen LogP contribution in [-0.2, 0) is 5.41 Å². The highest BCUT2D eigenvalue weighted by molar-refractivity contribution is 6.27. The smallest absolute Gasteiger partial charge is 0.143 e. The zero-order chi connectivity index (χ0) is 48.9. The Balaban J connectivity index is 1.05. The van der Waals surface area contributed by atoms with Crippen LogP contribution in [0.2, 0.25) is 0 Å². The molecular formula is C73H43NO. The van der Waals surface area contributed by atoms with Crippen molar-refractivity contribution in [3.63, 3.8) is 0 Å². The van der Waals surface area contributed by atoms with Crippen LogP contribution in [0.5, 0.6) is 0 Å². The van der Waals surface area contributed by atoms with Crippen molar-refractivity contribution in [1.82, 2.24) is 0 Å². The number of nitrogens with zero attached hydrogens (tertiary/aromatic N) is 1. The van der Waals surface area contributed by atoms with Crippen LogP contribution in [0.3, 0.4) is 0 Å². The van der Waals surface area contributed by atoms with Gasteiger partial charge in [0.25, 0.3) is 0 Å². The zero-order valence-corrected chi connectivity index (χ0v) is 40.7. The Kier molecular flexibility index (Phi) is 8.24. The normalized spacial score (nSPS) is 13.2. The Bertz CT molecular complexity index is 4700. The molecular weight excluding hydrogens is 907 g/mol. The first-order valence-electron chi connectivity index (χ1n) is 26.1. The van der Waals surface area contributed by atoms with Gasteiger partial charge in [0.05, 0.1) is 11.1 Å². The van der Waals surface area contributed by atoms with E-state index in [1.54, 1.807) is 0 Å². The van der Waals surface area contributed by atoms with E-state index in [9.17, 15) is 0 Å². The molecule has 346 valence electrons. The van der Waals surface area contributed by atoms with Crippen LogP contribution in [0.4, 0.5) is 17.1 Å². The van der Waals surface area contributed by atoms with Crippen molar-refractivity contribution in [3.05, 3.63) is 283 Å². The third-order valence-corrected chi connectivity index (χ3v) is 17.0. The van der Waals surface area contributed by atoms with E-state index in [2.05, 4.69) is 266 Å². The predicted octanol–water partition coefficient (Wildman–Crippen LogP) is 20.0. The van der Waals surface area contributed by atoms with E-state index < -0.39 is 5.41 Å². The number of rotatable bonds is 4. The van der Waals surface area contributed by atoms with Gasteiger partial charge in [-0.1, -0.05) is 218 Å². The zero-order valence-electron chi connectivity index (χ0n) is 40.7. The molecule has 1 spiro atoms. The minimum atomic E-state index is -0.569. The highest BCUT2D eigenvalue weighted by Crippen LogP contribution is 2.64. The summed E-state index contributed by atoms with van der Waals surface area (Å²) in [5.74, 6) is 0. The molecule has 0 atom stereocenters. The topological polar surface area (TPSA) is 16.4 Å². The van der Waals surface area contributed by atoms with Gasteiger partial charge in [0.1, 0.15) is 11.2 Å². The Hall–Kier alpha value is -9.76. The average Bonchev–Trinajstić information content (AvgIpc) is 4.28. The molecule has 0 radical (unpaired) electrons. The summed E-state index contributed by atoms with van der Waals surface area (Å²) in [7, 11) is 0. The monoisotopic (exact) mass is 949 g/mol. The van der Waals surface area contributed by atoms with E-state index in [-0.39, 0.29) is 0 Å². The van der Waals surface area contributed by atoms with E-state index in [1.807, 2.05) is 0 Å². The van der Waals surface area contributed by atoms with Gasteiger partial charge in [0.15, 0.2) is 0 Å². The van der Waals surface area contributed by atoms with Crippen molar-refractivity contribution in [2.75, 3.05) is 4.90 Å². The standard InChI is InChI=1S/C73H43NO/c1-3-22-50-46(18-1)48-20-5-7-24-52(48)62-40-44(36-38-54(50)62)74(45-37-39-55-51-23-4-2-19-47(51)49-21-6-8-25-53(49)63(55)41-45)70-43-69-64(42-65(70)61-31-17-30-60-59-29-12-16-35-71(59)75-72(60)61)58-28-11-15-34-68(58)73(69)66-32-13-9-26-56(66)57-27-10-14-33-67(57)73/h1-43H. The molecule has 2 aliphatic carbocycles. The van der Waals surface area contributed by atoms with Crippen LogP contribution < -0.4 is 4.90 Å². The van der Waals surface area contributed by atoms with Crippen LogP contribution in [0, 0.1) is 0 Å². The summed E-state index contributed by atoms with van der Waals surface area (Å²) in [6.07, 6.45) is 0. The largest absolute Gasteiger partial charge is 0.455 e. The Morgan fingerprint density at radius 3 is 1.11 bits per heavy atom. The molecule has 14 aromatic carbocycles. The SMILES string of the molecule is c1ccc2c(c1)-c1ccccc1C21c2ccccc2-c2cc(-c3cccc4c3oc3ccccc34)c(N(c3ccc4c5ccccc5c5ccccc5c4c3)c3ccc4c5ccccc5c5ccccc5c4c3)cc21. The first-order valence-corrected chi connectivity index (χ1v) is 26.1. The van der Waals surface area contributed by atoms with E-state index in [0.29, 0.717) is 0 Å². The maximum Gasteiger partial charge on any atom is 0.143 e. The van der Waals surface area contributed by atoms with Crippen LogP contribution >= 0.6 is 0 Å². The van der Waals surface area contributed by atoms with Gasteiger partial charge in [-0.15, -0.1) is 0 Å². The number of furan rings is 1. The van der Waals surface area contributed by atoms with Gasteiger partial charge >= 0.3 is 0 Å². The number of anilines is 3. The first-order chi connectivity index (χ1) is 37.2. The molecule has 0 amide bonds. The van der Waals surface area contributed by atoms with Gasteiger partial charge in [0, 0.05) is 33.3 Å². The van der Waals surface area contributed by atoms with Crippen LogP contribution in [0.1, 0.15) is 22.3 Å². The Morgan fingerprint density at radius 2 is 0.613 bits per heavy atom. The van der Waals surface area contributed by atoms with Gasteiger partial charge in [0.2, 0.25) is 0 Å². The fraction of sp³-hybridized carbons (Fsp3) is 0.0137. The second-order valence-electron chi connectivity index (χ2n) is 20.6. The molecule has 0 saturated carbocycles. The summed E-state index contributed by atoms with van der Waals surface area (Å²) in [6, 6.07) is 97.6. The molecule has 15 aromatic rings. The van der Waals surface area contributed by atoms with Crippen LogP contribution in [-0.4, -0.2) is 0 Å². The molecule has 17 rings (SSSR count). The summed E-state index contributed by atoms with van der Waals surface area (Å²) in [6.45, 7) is 0. The van der Waals surface area contributed by atoms with E-state index >= 15 is 0 Å². The Morgan fingerprint density at radius 1 is 0.240 bits per heavy atom. The number of hydrogen-bond acceptors (Lipinski definition) is 2. The van der Waals surface area contributed by atoms with E-state index in [1.165, 1.54) is 109 Å². The number of para-hydroxylation sites is 2. The number of fused-ring (bicyclic) bond motifs is 25. The maximum absolute atomic E-state index is 7.03. The van der Waals surface area contributed by atoms with Crippen LogP contribution in [0.15, 0.2) is 265 Å². The molecule has 0 N–H and O–H groups in total. The fourth-order valence-corrected chi connectivity index (χ4v) is 14.0. The van der Waals surface area contributed by atoms with Gasteiger partial charge in [-0.3, -0.25) is 0 Å². The highest BCUT2D eigenvalue weighted by Gasteiger charge is 2.52. The molecule has 0 bridgehead atoms. The van der Waals surface area contributed by atoms with Crippen molar-refractivity contribution in [2.24, 2.45) is 0 Å². The molecule has 2 aliphatic rings.